The number of rotatable bonds is 7. The molecular formula is C13H28NO+. The normalized spacial score (nSPS) is 13.3. The van der Waals surface area contributed by atoms with Gasteiger partial charge in [-0.05, 0) is 17.6 Å². The van der Waals surface area contributed by atoms with Gasteiger partial charge in [0.2, 0.25) is 5.71 Å². The van der Waals surface area contributed by atoms with Crippen molar-refractivity contribution in [1.29, 1.82) is 0 Å². The summed E-state index contributed by atoms with van der Waals surface area (Å²) < 4.78 is 2.12. The van der Waals surface area contributed by atoms with Gasteiger partial charge in [-0.15, -0.1) is 0 Å². The smallest absolute Gasteiger partial charge is 0.207 e. The third kappa shape index (κ3) is 5.19. The second-order valence-corrected chi connectivity index (χ2v) is 4.65. The number of hydrogen-bond acceptors (Lipinski definition) is 1. The van der Waals surface area contributed by atoms with Crippen LogP contribution in [0.4, 0.5) is 0 Å². The van der Waals surface area contributed by atoms with Crippen molar-refractivity contribution in [3.05, 3.63) is 0 Å². The van der Waals surface area contributed by atoms with Crippen LogP contribution in [0, 0.1) is 5.92 Å². The average Bonchev–Trinajstić information content (AvgIpc) is 2.16. The maximum absolute atomic E-state index is 5.83. The molecule has 0 aliphatic carbocycles. The number of nitrogens with zero attached hydrogens (tertiary/aromatic N) is 1. The van der Waals surface area contributed by atoms with Gasteiger partial charge in [0.1, 0.15) is 0 Å². The fourth-order valence-corrected chi connectivity index (χ4v) is 1.66. The van der Waals surface area contributed by atoms with Crippen molar-refractivity contribution in [3.8, 4) is 0 Å². The summed E-state index contributed by atoms with van der Waals surface area (Å²) in [6, 6.07) is 0.431. The quantitative estimate of drug-likeness (QED) is 0.358. The van der Waals surface area contributed by atoms with E-state index in [1.165, 1.54) is 12.1 Å². The summed E-state index contributed by atoms with van der Waals surface area (Å²) in [5.74, 6) is 0.573. The van der Waals surface area contributed by atoms with Crippen molar-refractivity contribution in [2.24, 2.45) is 5.92 Å². The van der Waals surface area contributed by atoms with Gasteiger partial charge in [-0.25, -0.2) is 0 Å². The summed E-state index contributed by atoms with van der Waals surface area (Å²) >= 11 is 0. The third-order valence-electron chi connectivity index (χ3n) is 2.36. The van der Waals surface area contributed by atoms with Crippen LogP contribution in [0.1, 0.15) is 60.8 Å². The zero-order valence-corrected chi connectivity index (χ0v) is 11.3. The summed E-state index contributed by atoms with van der Waals surface area (Å²) in [4.78, 5) is 5.83. The van der Waals surface area contributed by atoms with E-state index in [1.54, 1.807) is 0 Å². The highest BCUT2D eigenvalue weighted by Crippen LogP contribution is 2.08. The zero-order valence-electron chi connectivity index (χ0n) is 11.3. The molecule has 0 atom stereocenters. The molecule has 0 heterocycles. The first-order valence-corrected chi connectivity index (χ1v) is 6.32. The molecule has 0 rings (SSSR count). The molecule has 2 nitrogen and oxygen atoms in total. The van der Waals surface area contributed by atoms with Crippen LogP contribution >= 0.6 is 0 Å². The minimum atomic E-state index is 0.431. The predicted molar refractivity (Wildman–Crippen MR) is 66.4 cm³/mol. The van der Waals surface area contributed by atoms with E-state index in [0.29, 0.717) is 12.0 Å². The van der Waals surface area contributed by atoms with E-state index in [2.05, 4.69) is 46.3 Å². The topological polar surface area (TPSA) is 12.2 Å². The van der Waals surface area contributed by atoms with Crippen LogP contribution in [0.5, 0.6) is 0 Å². The van der Waals surface area contributed by atoms with Gasteiger partial charge in [0.25, 0.3) is 0 Å². The molecule has 0 N–H and O–H groups in total. The number of hydrogen-bond donors (Lipinski definition) is 0. The van der Waals surface area contributed by atoms with E-state index in [1.807, 2.05) is 0 Å². The zero-order chi connectivity index (χ0) is 11.8. The minimum Gasteiger partial charge on any atom is -0.277 e. The Kier molecular flexibility index (Phi) is 7.45. The molecule has 0 fully saturated rings. The molecule has 0 saturated carbocycles. The van der Waals surface area contributed by atoms with E-state index in [-0.39, 0.29) is 0 Å². The van der Waals surface area contributed by atoms with Crippen LogP contribution in [-0.2, 0) is 4.84 Å². The first kappa shape index (κ1) is 14.5. The molecule has 0 aromatic carbocycles. The van der Waals surface area contributed by atoms with Gasteiger partial charge in [0.15, 0.2) is 12.6 Å². The van der Waals surface area contributed by atoms with Gasteiger partial charge < -0.3 is 0 Å². The first-order chi connectivity index (χ1) is 7.04. The summed E-state index contributed by atoms with van der Waals surface area (Å²) in [7, 11) is 0. The molecule has 0 aromatic rings. The molecular weight excluding hydrogens is 186 g/mol. The molecule has 0 aliphatic rings. The average molecular weight is 214 g/mol. The SMILES string of the molecule is CCCO/[N+](=C(/CCC)C(C)C)C(C)C. The Morgan fingerprint density at radius 1 is 1.07 bits per heavy atom. The predicted octanol–water partition coefficient (Wildman–Crippen LogP) is 3.65. The van der Waals surface area contributed by atoms with E-state index < -0.39 is 0 Å². The molecule has 2 heteroatoms. The summed E-state index contributed by atoms with van der Waals surface area (Å²) in [5, 5.41) is 0. The van der Waals surface area contributed by atoms with Crippen molar-refractivity contribution < 1.29 is 9.58 Å². The van der Waals surface area contributed by atoms with E-state index in [4.69, 9.17) is 4.84 Å². The summed E-state index contributed by atoms with van der Waals surface area (Å²) in [6.45, 7) is 14.1. The number of hydroxylamine groups is 1. The summed E-state index contributed by atoms with van der Waals surface area (Å²) in [5.41, 5.74) is 1.43. The molecule has 0 aliphatic heterocycles. The molecule has 0 aromatic heterocycles. The van der Waals surface area contributed by atoms with Crippen LogP contribution < -0.4 is 0 Å². The highest BCUT2D eigenvalue weighted by atomic mass is 16.7. The highest BCUT2D eigenvalue weighted by molar-refractivity contribution is 5.81. The standard InChI is InChI=1S/C13H28NO/c1-7-9-13(11(3)4)14(12(5)6)15-10-8-2/h11-12H,7-10H2,1-6H3/q+1/b14-13-. The van der Waals surface area contributed by atoms with Crippen LogP contribution in [0.25, 0.3) is 0 Å². The molecule has 0 unspecified atom stereocenters. The van der Waals surface area contributed by atoms with Crippen LogP contribution in [0.3, 0.4) is 0 Å². The minimum absolute atomic E-state index is 0.431. The van der Waals surface area contributed by atoms with E-state index in [9.17, 15) is 0 Å². The Hall–Kier alpha value is -0.530. The molecule has 0 radical (unpaired) electrons. The van der Waals surface area contributed by atoms with E-state index in [0.717, 1.165) is 19.4 Å². The summed E-state index contributed by atoms with van der Waals surface area (Å²) in [6.07, 6.45) is 3.40. The second-order valence-electron chi connectivity index (χ2n) is 4.65. The maximum atomic E-state index is 5.83. The largest absolute Gasteiger partial charge is 0.277 e. The van der Waals surface area contributed by atoms with Gasteiger partial charge in [-0.3, -0.25) is 4.84 Å². The van der Waals surface area contributed by atoms with Crippen molar-refractivity contribution >= 4 is 5.71 Å². The van der Waals surface area contributed by atoms with Crippen molar-refractivity contribution in [2.75, 3.05) is 6.61 Å². The van der Waals surface area contributed by atoms with Crippen molar-refractivity contribution in [2.45, 2.75) is 66.8 Å². The molecule has 0 amide bonds. The molecule has 0 spiro atoms. The fourth-order valence-electron chi connectivity index (χ4n) is 1.66. The Bertz CT molecular complexity index is 195. The highest BCUT2D eigenvalue weighted by Gasteiger charge is 2.22. The monoisotopic (exact) mass is 214 g/mol. The lowest BCUT2D eigenvalue weighted by atomic mass is 10.0. The lowest BCUT2D eigenvalue weighted by Gasteiger charge is -2.13. The van der Waals surface area contributed by atoms with Gasteiger partial charge >= 0.3 is 0 Å². The first-order valence-electron chi connectivity index (χ1n) is 6.32. The Morgan fingerprint density at radius 2 is 1.67 bits per heavy atom. The van der Waals surface area contributed by atoms with Crippen LogP contribution in [-0.4, -0.2) is 23.1 Å². The second kappa shape index (κ2) is 7.72. The molecule has 0 bridgehead atoms. The molecule has 90 valence electrons. The van der Waals surface area contributed by atoms with Gasteiger partial charge in [0, 0.05) is 26.2 Å². The van der Waals surface area contributed by atoms with Crippen LogP contribution in [0.15, 0.2) is 0 Å². The maximum Gasteiger partial charge on any atom is 0.207 e. The van der Waals surface area contributed by atoms with Crippen molar-refractivity contribution in [3.63, 3.8) is 0 Å². The van der Waals surface area contributed by atoms with E-state index >= 15 is 0 Å². The Labute approximate surface area is 95.3 Å². The lowest BCUT2D eigenvalue weighted by molar-refractivity contribution is -0.809. The third-order valence-corrected chi connectivity index (χ3v) is 2.36. The lowest BCUT2D eigenvalue weighted by Crippen LogP contribution is -2.31. The molecule has 15 heavy (non-hydrogen) atoms. The Balaban J connectivity index is 4.79. The Morgan fingerprint density at radius 3 is 2.00 bits per heavy atom. The van der Waals surface area contributed by atoms with Gasteiger partial charge in [-0.2, -0.15) is 0 Å². The molecule has 0 saturated heterocycles. The van der Waals surface area contributed by atoms with Crippen LogP contribution in [0.2, 0.25) is 0 Å². The van der Waals surface area contributed by atoms with Gasteiger partial charge in [0.05, 0.1) is 0 Å². The van der Waals surface area contributed by atoms with Crippen molar-refractivity contribution in [1.82, 2.24) is 0 Å². The van der Waals surface area contributed by atoms with Gasteiger partial charge in [-0.1, -0.05) is 27.7 Å². The fraction of sp³-hybridized carbons (Fsp3) is 0.923.